The SMILES string of the molecule is CC(C)c1cc(Cc2ccccc2)c(N=Cc2cc(C(C)(C)C)cc(C(C)(C)C)c2O)c(Cc2ccccc2)c1. The Hall–Kier alpha value is -3.65. The first kappa shape index (κ1) is 29.3. The van der Waals surface area contributed by atoms with Crippen molar-refractivity contribution in [2.45, 2.75) is 85.0 Å². The fourth-order valence-electron chi connectivity index (χ4n) is 5.08. The lowest BCUT2D eigenvalue weighted by molar-refractivity contribution is 0.444. The molecular formula is C38H45NO. The van der Waals surface area contributed by atoms with E-state index in [1.54, 1.807) is 0 Å². The summed E-state index contributed by atoms with van der Waals surface area (Å²) in [6, 6.07) is 30.1. The molecule has 1 N–H and O–H groups in total. The Morgan fingerprint density at radius 1 is 0.700 bits per heavy atom. The van der Waals surface area contributed by atoms with Crippen LogP contribution in [0.1, 0.15) is 106 Å². The number of phenolic OH excluding ortho intramolecular Hbond substituents is 1. The van der Waals surface area contributed by atoms with Gasteiger partial charge in [0.25, 0.3) is 0 Å². The van der Waals surface area contributed by atoms with E-state index in [2.05, 4.69) is 140 Å². The summed E-state index contributed by atoms with van der Waals surface area (Å²) in [7, 11) is 0. The molecule has 0 saturated carbocycles. The Morgan fingerprint density at radius 3 is 1.62 bits per heavy atom. The van der Waals surface area contributed by atoms with Crippen LogP contribution in [0.25, 0.3) is 0 Å². The van der Waals surface area contributed by atoms with Crippen LogP contribution in [0, 0.1) is 0 Å². The second-order valence-electron chi connectivity index (χ2n) is 13.4. The molecule has 0 amide bonds. The monoisotopic (exact) mass is 531 g/mol. The standard InChI is InChI=1S/C38H45NO/c1-26(2)29-21-30(19-27-15-11-9-12-16-27)35(31(22-29)20-28-17-13-10-14-18-28)39-25-32-23-33(37(3,4)5)24-34(36(32)40)38(6,7)8/h9-18,21-26,40H,19-20H2,1-8H3. The summed E-state index contributed by atoms with van der Waals surface area (Å²) < 4.78 is 0. The minimum absolute atomic E-state index is 0.0495. The Balaban J connectivity index is 1.92. The fourth-order valence-corrected chi connectivity index (χ4v) is 5.08. The quantitative estimate of drug-likeness (QED) is 0.236. The predicted molar refractivity (Wildman–Crippen MR) is 172 cm³/mol. The number of nitrogens with zero attached hydrogens (tertiary/aromatic N) is 1. The van der Waals surface area contributed by atoms with Crippen LogP contribution in [0.4, 0.5) is 5.69 Å². The summed E-state index contributed by atoms with van der Waals surface area (Å²) in [5, 5.41) is 11.4. The Kier molecular flexibility index (Phi) is 8.68. The molecule has 0 bridgehead atoms. The molecule has 0 aliphatic heterocycles. The molecule has 4 aromatic carbocycles. The minimum Gasteiger partial charge on any atom is -0.507 e. The number of aliphatic imine (C=N–C) groups is 1. The van der Waals surface area contributed by atoms with Gasteiger partial charge in [0.2, 0.25) is 0 Å². The van der Waals surface area contributed by atoms with Crippen LogP contribution in [-0.4, -0.2) is 11.3 Å². The zero-order valence-electron chi connectivity index (χ0n) is 25.5. The lowest BCUT2D eigenvalue weighted by Crippen LogP contribution is -2.17. The topological polar surface area (TPSA) is 32.6 Å². The highest BCUT2D eigenvalue weighted by Gasteiger charge is 2.24. The molecule has 40 heavy (non-hydrogen) atoms. The summed E-state index contributed by atoms with van der Waals surface area (Å²) in [5.41, 5.74) is 9.93. The first-order valence-corrected chi connectivity index (χ1v) is 14.5. The maximum Gasteiger partial charge on any atom is 0.128 e. The molecule has 2 heteroatoms. The van der Waals surface area contributed by atoms with Crippen LogP contribution in [0.15, 0.2) is 89.9 Å². The smallest absolute Gasteiger partial charge is 0.128 e. The van der Waals surface area contributed by atoms with E-state index in [9.17, 15) is 5.11 Å². The van der Waals surface area contributed by atoms with Gasteiger partial charge in [-0.3, -0.25) is 4.99 Å². The van der Waals surface area contributed by atoms with Gasteiger partial charge in [-0.05, 0) is 69.0 Å². The second-order valence-corrected chi connectivity index (χ2v) is 13.4. The van der Waals surface area contributed by atoms with Crippen molar-refractivity contribution in [2.24, 2.45) is 4.99 Å². The summed E-state index contributed by atoms with van der Waals surface area (Å²) in [4.78, 5) is 5.19. The van der Waals surface area contributed by atoms with E-state index in [-0.39, 0.29) is 10.8 Å². The fraction of sp³-hybridized carbons (Fsp3) is 0.342. The highest BCUT2D eigenvalue weighted by molar-refractivity contribution is 5.87. The normalized spacial score (nSPS) is 12.4. The molecule has 0 saturated heterocycles. The zero-order chi connectivity index (χ0) is 29.1. The number of hydrogen-bond acceptors (Lipinski definition) is 2. The average molecular weight is 532 g/mol. The Labute approximate surface area is 241 Å². The number of phenols is 1. The first-order valence-electron chi connectivity index (χ1n) is 14.5. The predicted octanol–water partition coefficient (Wildman–Crippen LogP) is 10.0. The summed E-state index contributed by atoms with van der Waals surface area (Å²) >= 11 is 0. The highest BCUT2D eigenvalue weighted by atomic mass is 16.3. The molecule has 0 aliphatic rings. The highest BCUT2D eigenvalue weighted by Crippen LogP contribution is 2.38. The summed E-state index contributed by atoms with van der Waals surface area (Å²) in [6.45, 7) is 17.6. The lowest BCUT2D eigenvalue weighted by Gasteiger charge is -2.27. The number of aromatic hydroxyl groups is 1. The van der Waals surface area contributed by atoms with Gasteiger partial charge in [-0.25, -0.2) is 0 Å². The molecule has 4 aromatic rings. The molecule has 0 atom stereocenters. The Bertz CT molecular complexity index is 1400. The average Bonchev–Trinajstić information content (AvgIpc) is 2.88. The molecule has 4 rings (SSSR count). The van der Waals surface area contributed by atoms with E-state index in [0.29, 0.717) is 11.7 Å². The first-order chi connectivity index (χ1) is 18.8. The molecule has 0 radical (unpaired) electrons. The van der Waals surface area contributed by atoms with Crippen molar-refractivity contribution in [3.63, 3.8) is 0 Å². The van der Waals surface area contributed by atoms with Crippen molar-refractivity contribution in [1.82, 2.24) is 0 Å². The minimum atomic E-state index is -0.191. The van der Waals surface area contributed by atoms with Gasteiger partial charge in [0.1, 0.15) is 5.75 Å². The lowest BCUT2D eigenvalue weighted by atomic mass is 9.79. The molecular weight excluding hydrogens is 486 g/mol. The molecule has 0 heterocycles. The molecule has 0 fully saturated rings. The van der Waals surface area contributed by atoms with Gasteiger partial charge < -0.3 is 5.11 Å². The van der Waals surface area contributed by atoms with E-state index in [0.717, 1.165) is 29.7 Å². The maximum atomic E-state index is 11.4. The largest absolute Gasteiger partial charge is 0.507 e. The molecule has 208 valence electrons. The van der Waals surface area contributed by atoms with Gasteiger partial charge in [-0.2, -0.15) is 0 Å². The van der Waals surface area contributed by atoms with Crippen LogP contribution in [0.5, 0.6) is 5.75 Å². The van der Waals surface area contributed by atoms with Crippen LogP contribution in [0.2, 0.25) is 0 Å². The number of hydrogen-bond donors (Lipinski definition) is 1. The van der Waals surface area contributed by atoms with Crippen molar-refractivity contribution >= 4 is 11.9 Å². The van der Waals surface area contributed by atoms with E-state index < -0.39 is 0 Å². The molecule has 0 unspecified atom stereocenters. The van der Waals surface area contributed by atoms with Crippen LogP contribution in [-0.2, 0) is 23.7 Å². The van der Waals surface area contributed by atoms with E-state index in [4.69, 9.17) is 4.99 Å². The van der Waals surface area contributed by atoms with Crippen LogP contribution in [0.3, 0.4) is 0 Å². The van der Waals surface area contributed by atoms with Gasteiger partial charge in [-0.15, -0.1) is 0 Å². The van der Waals surface area contributed by atoms with Crippen molar-refractivity contribution in [1.29, 1.82) is 0 Å². The third-order valence-corrected chi connectivity index (χ3v) is 7.58. The van der Waals surface area contributed by atoms with Crippen LogP contribution >= 0.6 is 0 Å². The third kappa shape index (κ3) is 7.10. The van der Waals surface area contributed by atoms with Gasteiger partial charge >= 0.3 is 0 Å². The van der Waals surface area contributed by atoms with Gasteiger partial charge in [-0.1, -0.05) is 134 Å². The third-order valence-electron chi connectivity index (χ3n) is 7.58. The molecule has 0 aromatic heterocycles. The van der Waals surface area contributed by atoms with Crippen molar-refractivity contribution in [3.8, 4) is 5.75 Å². The van der Waals surface area contributed by atoms with E-state index in [1.807, 2.05) is 6.21 Å². The van der Waals surface area contributed by atoms with Gasteiger partial charge in [0, 0.05) is 17.3 Å². The number of benzene rings is 4. The van der Waals surface area contributed by atoms with Crippen molar-refractivity contribution < 1.29 is 5.11 Å². The van der Waals surface area contributed by atoms with E-state index >= 15 is 0 Å². The van der Waals surface area contributed by atoms with Crippen molar-refractivity contribution in [3.05, 3.63) is 129 Å². The van der Waals surface area contributed by atoms with Crippen LogP contribution < -0.4 is 0 Å². The molecule has 0 aliphatic carbocycles. The molecule has 0 spiro atoms. The van der Waals surface area contributed by atoms with E-state index in [1.165, 1.54) is 33.4 Å². The van der Waals surface area contributed by atoms with Gasteiger partial charge in [0.05, 0.1) is 5.69 Å². The second kappa shape index (κ2) is 11.8. The summed E-state index contributed by atoms with van der Waals surface area (Å²) in [5.74, 6) is 0.723. The Morgan fingerprint density at radius 2 is 1.20 bits per heavy atom. The zero-order valence-corrected chi connectivity index (χ0v) is 25.5. The summed E-state index contributed by atoms with van der Waals surface area (Å²) in [6.07, 6.45) is 3.49. The van der Waals surface area contributed by atoms with Gasteiger partial charge in [0.15, 0.2) is 0 Å². The molecule has 2 nitrogen and oxygen atoms in total. The maximum absolute atomic E-state index is 11.4. The number of rotatable bonds is 7. The van der Waals surface area contributed by atoms with Crippen molar-refractivity contribution in [2.75, 3.05) is 0 Å².